The fourth-order valence-corrected chi connectivity index (χ4v) is 2.85. The van der Waals surface area contributed by atoms with Crippen LogP contribution in [-0.4, -0.2) is 33.3 Å². The van der Waals surface area contributed by atoms with Gasteiger partial charge in [-0.25, -0.2) is 19.4 Å². The maximum atomic E-state index is 13.8. The molecule has 0 spiro atoms. The smallest absolute Gasteiger partial charge is 0.404 e. The van der Waals surface area contributed by atoms with Gasteiger partial charge in [-0.1, -0.05) is 12.1 Å². The Bertz CT molecular complexity index is 1220. The summed E-state index contributed by atoms with van der Waals surface area (Å²) in [4.78, 5) is 17.5. The summed E-state index contributed by atoms with van der Waals surface area (Å²) in [6, 6.07) is 7.56. The Morgan fingerprint density at radius 2 is 1.85 bits per heavy atom. The largest absolute Gasteiger partial charge is 0.451 e. The van der Waals surface area contributed by atoms with E-state index in [0.717, 1.165) is 18.7 Å². The first-order valence-corrected chi connectivity index (χ1v) is 9.37. The topological polar surface area (TPSA) is 142 Å². The number of rotatable bonds is 6. The minimum Gasteiger partial charge on any atom is -0.404 e. The van der Waals surface area contributed by atoms with E-state index in [1.807, 2.05) is 0 Å². The number of nitrogens with one attached hydrogen (secondary N) is 2. The lowest BCUT2D eigenvalue weighted by Crippen LogP contribution is -2.10. The van der Waals surface area contributed by atoms with Crippen LogP contribution in [0.25, 0.3) is 11.1 Å². The summed E-state index contributed by atoms with van der Waals surface area (Å²) in [6.07, 6.45) is 1.12. The van der Waals surface area contributed by atoms with E-state index in [1.54, 1.807) is 18.2 Å². The molecule has 0 aliphatic heterocycles. The molecule has 0 fully saturated rings. The summed E-state index contributed by atoms with van der Waals surface area (Å²) in [6.45, 7) is 0. The molecule has 0 saturated carbocycles. The third-order valence-corrected chi connectivity index (χ3v) is 4.36. The minimum atomic E-state index is -4.68. The van der Waals surface area contributed by atoms with E-state index in [4.69, 9.17) is 16.9 Å². The van der Waals surface area contributed by atoms with E-state index in [1.165, 1.54) is 24.5 Å². The lowest BCUT2D eigenvalue weighted by atomic mass is 10.1. The first-order chi connectivity index (χ1) is 15.7. The first kappa shape index (κ1) is 23.3. The van der Waals surface area contributed by atoms with E-state index >= 15 is 0 Å². The number of para-hydroxylation sites is 1. The molecule has 8 nitrogen and oxygen atoms in total. The molecule has 2 aromatic heterocycles. The maximum Gasteiger partial charge on any atom is 0.451 e. The number of hydrogen-bond acceptors (Lipinski definition) is 5. The van der Waals surface area contributed by atoms with Crippen molar-refractivity contribution >= 4 is 24.1 Å². The van der Waals surface area contributed by atoms with Crippen LogP contribution >= 0.6 is 0 Å². The predicted molar refractivity (Wildman–Crippen MR) is 117 cm³/mol. The third kappa shape index (κ3) is 5.67. The second kappa shape index (κ2) is 9.85. The highest BCUT2D eigenvalue weighted by molar-refractivity contribution is 6.04. The molecule has 6 N–H and O–H groups in total. The highest BCUT2D eigenvalue weighted by Crippen LogP contribution is 2.29. The summed E-state index contributed by atoms with van der Waals surface area (Å²) in [7, 11) is 0. The number of alkyl halides is 3. The van der Waals surface area contributed by atoms with Crippen LogP contribution in [0, 0.1) is 11.2 Å². The standard InChI is InChI=1S/C21H18F4N8/c22-16-3-1-2-4-17(16)29-8-12(7-26)5-14-6-15(18(33-14)19(28)32-11-27)13-9-30-20(31-10-13)21(23,24)25/h1-4,6-11,33H,5,26H2,(H3,27,28,32). The first-order valence-electron chi connectivity index (χ1n) is 9.37. The van der Waals surface area contributed by atoms with E-state index in [0.29, 0.717) is 16.8 Å². The lowest BCUT2D eigenvalue weighted by molar-refractivity contribution is -0.144. The molecule has 0 aliphatic rings. The van der Waals surface area contributed by atoms with E-state index in [2.05, 4.69) is 24.9 Å². The zero-order valence-electron chi connectivity index (χ0n) is 16.9. The van der Waals surface area contributed by atoms with Crippen molar-refractivity contribution in [3.05, 3.63) is 77.5 Å². The van der Waals surface area contributed by atoms with Crippen LogP contribution in [0.15, 0.2) is 64.5 Å². The van der Waals surface area contributed by atoms with Crippen molar-refractivity contribution in [2.24, 2.45) is 21.5 Å². The van der Waals surface area contributed by atoms with Gasteiger partial charge in [0, 0.05) is 41.8 Å². The van der Waals surface area contributed by atoms with Crippen LogP contribution in [0.2, 0.25) is 0 Å². The molecular formula is C21H18F4N8. The second-order valence-electron chi connectivity index (χ2n) is 6.63. The molecule has 3 aromatic rings. The van der Waals surface area contributed by atoms with Crippen LogP contribution in [0.3, 0.4) is 0 Å². The molecule has 0 aliphatic carbocycles. The number of amidine groups is 1. The number of H-pyrrole nitrogens is 1. The molecular weight excluding hydrogens is 440 g/mol. The van der Waals surface area contributed by atoms with Gasteiger partial charge in [0.05, 0.1) is 17.7 Å². The van der Waals surface area contributed by atoms with Gasteiger partial charge in [0.15, 0.2) is 5.84 Å². The highest BCUT2D eigenvalue weighted by atomic mass is 19.4. The number of aromatic nitrogens is 3. The molecule has 0 saturated heterocycles. The normalized spacial score (nSPS) is 12.7. The number of aromatic amines is 1. The molecule has 1 aromatic carbocycles. The van der Waals surface area contributed by atoms with Gasteiger partial charge in [0.1, 0.15) is 5.82 Å². The van der Waals surface area contributed by atoms with Gasteiger partial charge in [-0.3, -0.25) is 10.4 Å². The van der Waals surface area contributed by atoms with Crippen molar-refractivity contribution in [2.75, 3.05) is 0 Å². The van der Waals surface area contributed by atoms with E-state index < -0.39 is 17.8 Å². The van der Waals surface area contributed by atoms with Gasteiger partial charge in [-0.15, -0.1) is 0 Å². The average Bonchev–Trinajstić information content (AvgIpc) is 3.21. The summed E-state index contributed by atoms with van der Waals surface area (Å²) in [5.74, 6) is -2.03. The van der Waals surface area contributed by atoms with Crippen molar-refractivity contribution in [1.82, 2.24) is 15.0 Å². The summed E-state index contributed by atoms with van der Waals surface area (Å²) < 4.78 is 52.1. The molecule has 12 heteroatoms. The lowest BCUT2D eigenvalue weighted by Gasteiger charge is -2.06. The fraction of sp³-hybridized carbons (Fsp3) is 0.0952. The highest BCUT2D eigenvalue weighted by Gasteiger charge is 2.34. The fourth-order valence-electron chi connectivity index (χ4n) is 2.85. The van der Waals surface area contributed by atoms with Gasteiger partial charge in [0.25, 0.3) is 0 Å². The Kier molecular flexibility index (Phi) is 6.96. The number of halogens is 4. The number of aliphatic imine (C=N–C) groups is 2. The number of benzene rings is 1. The number of nitrogens with two attached hydrogens (primary N) is 2. The molecule has 0 atom stereocenters. The SMILES string of the molecule is N=C(N=CN)c1[nH]c(CC(C=Nc2ccccc2F)=CN)cc1-c1cnc(C(F)(F)F)nc1. The molecule has 170 valence electrons. The summed E-state index contributed by atoms with van der Waals surface area (Å²) in [5, 5.41) is 8.08. The van der Waals surface area contributed by atoms with Gasteiger partial charge >= 0.3 is 6.18 Å². The Labute approximate surface area is 185 Å². The van der Waals surface area contributed by atoms with Crippen LogP contribution in [0.5, 0.6) is 0 Å². The zero-order valence-corrected chi connectivity index (χ0v) is 16.9. The molecule has 2 heterocycles. The molecule has 0 bridgehead atoms. The van der Waals surface area contributed by atoms with Crippen molar-refractivity contribution in [2.45, 2.75) is 12.6 Å². The Balaban J connectivity index is 1.93. The van der Waals surface area contributed by atoms with Crippen molar-refractivity contribution < 1.29 is 17.6 Å². The van der Waals surface area contributed by atoms with Crippen LogP contribution in [0.4, 0.5) is 23.2 Å². The Morgan fingerprint density at radius 3 is 2.45 bits per heavy atom. The molecule has 0 unspecified atom stereocenters. The van der Waals surface area contributed by atoms with Gasteiger partial charge in [-0.2, -0.15) is 13.2 Å². The molecule has 33 heavy (non-hydrogen) atoms. The number of hydrogen-bond donors (Lipinski definition) is 4. The van der Waals surface area contributed by atoms with Crippen molar-refractivity contribution in [1.29, 1.82) is 5.41 Å². The van der Waals surface area contributed by atoms with Crippen molar-refractivity contribution in [3.63, 3.8) is 0 Å². The van der Waals surface area contributed by atoms with Crippen LogP contribution < -0.4 is 11.5 Å². The Morgan fingerprint density at radius 1 is 1.15 bits per heavy atom. The molecule has 0 radical (unpaired) electrons. The second-order valence-corrected chi connectivity index (χ2v) is 6.63. The molecule has 0 amide bonds. The van der Waals surface area contributed by atoms with E-state index in [-0.39, 0.29) is 29.2 Å². The van der Waals surface area contributed by atoms with Crippen molar-refractivity contribution in [3.8, 4) is 11.1 Å². The quantitative estimate of drug-likeness (QED) is 0.254. The summed E-state index contributed by atoms with van der Waals surface area (Å²) in [5.41, 5.74) is 12.9. The van der Waals surface area contributed by atoms with Gasteiger partial charge in [0.2, 0.25) is 5.82 Å². The minimum absolute atomic E-state index is 0.130. The number of allylic oxidation sites excluding steroid dienone is 1. The summed E-state index contributed by atoms with van der Waals surface area (Å²) >= 11 is 0. The van der Waals surface area contributed by atoms with Crippen LogP contribution in [-0.2, 0) is 12.6 Å². The Hall–Kier alpha value is -4.35. The van der Waals surface area contributed by atoms with Gasteiger partial charge in [-0.05, 0) is 30.0 Å². The predicted octanol–water partition coefficient (Wildman–Crippen LogP) is 3.73. The van der Waals surface area contributed by atoms with E-state index in [9.17, 15) is 17.6 Å². The molecule has 3 rings (SSSR count). The maximum absolute atomic E-state index is 13.8. The number of nitrogens with zero attached hydrogens (tertiary/aromatic N) is 4. The third-order valence-electron chi connectivity index (χ3n) is 4.36. The van der Waals surface area contributed by atoms with Gasteiger partial charge < -0.3 is 16.5 Å². The van der Waals surface area contributed by atoms with Crippen LogP contribution in [0.1, 0.15) is 17.2 Å². The monoisotopic (exact) mass is 458 g/mol. The zero-order chi connectivity index (χ0) is 24.0. The average molecular weight is 458 g/mol.